The van der Waals surface area contributed by atoms with Gasteiger partial charge in [-0.2, -0.15) is 0 Å². The minimum atomic E-state index is 0.391. The van der Waals surface area contributed by atoms with Gasteiger partial charge in [0.1, 0.15) is 6.17 Å². The lowest BCUT2D eigenvalue weighted by molar-refractivity contribution is 0.395. The lowest BCUT2D eigenvalue weighted by Crippen LogP contribution is -2.37. The number of rotatable bonds is 1. The third-order valence-corrected chi connectivity index (χ3v) is 3.30. The molecule has 1 fully saturated rings. The van der Waals surface area contributed by atoms with Gasteiger partial charge in [0.15, 0.2) is 0 Å². The van der Waals surface area contributed by atoms with Crippen LogP contribution in [0.2, 0.25) is 0 Å². The van der Waals surface area contributed by atoms with Gasteiger partial charge in [-0.15, -0.1) is 0 Å². The Kier molecular flexibility index (Phi) is 2.21. The highest BCUT2D eigenvalue weighted by Gasteiger charge is 2.34. The fourth-order valence-corrected chi connectivity index (χ4v) is 2.61. The summed E-state index contributed by atoms with van der Waals surface area (Å²) >= 11 is 0. The molecular formula is C14H16N2. The zero-order chi connectivity index (χ0) is 11.0. The van der Waals surface area contributed by atoms with Crippen molar-refractivity contribution in [3.8, 4) is 0 Å². The normalized spacial score (nSPS) is 27.3. The van der Waals surface area contributed by atoms with Crippen LogP contribution in [0.15, 0.2) is 54.8 Å². The molecule has 2 atom stereocenters. The molecule has 2 unspecified atom stereocenters. The third-order valence-electron chi connectivity index (χ3n) is 3.30. The second-order valence-electron chi connectivity index (χ2n) is 4.43. The predicted octanol–water partition coefficient (Wildman–Crippen LogP) is 2.61. The van der Waals surface area contributed by atoms with Crippen molar-refractivity contribution in [2.75, 3.05) is 11.4 Å². The van der Waals surface area contributed by atoms with Gasteiger partial charge in [-0.05, 0) is 31.2 Å². The summed E-state index contributed by atoms with van der Waals surface area (Å²) in [5, 5.41) is 0. The average molecular weight is 212 g/mol. The molecule has 1 aromatic rings. The molecule has 0 spiro atoms. The molecule has 2 aliphatic heterocycles. The third kappa shape index (κ3) is 1.42. The minimum Gasteiger partial charge on any atom is -0.352 e. The number of benzene rings is 1. The van der Waals surface area contributed by atoms with Crippen LogP contribution in [0.25, 0.3) is 0 Å². The number of hydrogen-bond donors (Lipinski definition) is 0. The fourth-order valence-electron chi connectivity index (χ4n) is 2.61. The number of anilines is 1. The van der Waals surface area contributed by atoms with Crippen LogP contribution in [0.5, 0.6) is 0 Å². The maximum Gasteiger partial charge on any atom is 0.121 e. The maximum atomic E-state index is 2.47. The van der Waals surface area contributed by atoms with E-state index in [2.05, 4.69) is 71.5 Å². The van der Waals surface area contributed by atoms with Crippen molar-refractivity contribution in [2.45, 2.75) is 19.1 Å². The zero-order valence-corrected chi connectivity index (χ0v) is 9.45. The highest BCUT2D eigenvalue weighted by atomic mass is 15.4. The van der Waals surface area contributed by atoms with E-state index >= 15 is 0 Å². The quantitative estimate of drug-likeness (QED) is 0.706. The number of hydrogen-bond acceptors (Lipinski definition) is 2. The van der Waals surface area contributed by atoms with Crippen LogP contribution >= 0.6 is 0 Å². The molecule has 0 aliphatic carbocycles. The Balaban J connectivity index is 1.95. The van der Waals surface area contributed by atoms with Crippen molar-refractivity contribution in [1.29, 1.82) is 0 Å². The van der Waals surface area contributed by atoms with E-state index < -0.39 is 0 Å². The Labute approximate surface area is 96.5 Å². The molecule has 2 heterocycles. The number of allylic oxidation sites excluding steroid dienone is 2. The molecule has 2 nitrogen and oxygen atoms in total. The predicted molar refractivity (Wildman–Crippen MR) is 67.2 cm³/mol. The van der Waals surface area contributed by atoms with E-state index in [-0.39, 0.29) is 0 Å². The molecule has 0 bridgehead atoms. The summed E-state index contributed by atoms with van der Waals surface area (Å²) in [5.41, 5.74) is 1.31. The SMILES string of the molecule is CC1CN2C=CC=CC2N1c1ccccc1. The van der Waals surface area contributed by atoms with Crippen molar-refractivity contribution in [2.24, 2.45) is 0 Å². The largest absolute Gasteiger partial charge is 0.352 e. The lowest BCUT2D eigenvalue weighted by atomic mass is 10.2. The summed E-state index contributed by atoms with van der Waals surface area (Å²) < 4.78 is 0. The molecule has 0 aromatic heterocycles. The van der Waals surface area contributed by atoms with Crippen molar-refractivity contribution in [3.63, 3.8) is 0 Å². The van der Waals surface area contributed by atoms with Gasteiger partial charge in [-0.25, -0.2) is 0 Å². The van der Waals surface area contributed by atoms with E-state index in [1.165, 1.54) is 5.69 Å². The van der Waals surface area contributed by atoms with E-state index in [4.69, 9.17) is 0 Å². The monoisotopic (exact) mass is 212 g/mol. The second-order valence-corrected chi connectivity index (χ2v) is 4.43. The number of nitrogens with zero attached hydrogens (tertiary/aromatic N) is 2. The van der Waals surface area contributed by atoms with Crippen LogP contribution in [-0.4, -0.2) is 23.7 Å². The van der Waals surface area contributed by atoms with E-state index in [0.717, 1.165) is 6.54 Å². The van der Waals surface area contributed by atoms with Crippen LogP contribution in [0, 0.1) is 0 Å². The molecule has 0 amide bonds. The molecule has 1 saturated heterocycles. The Morgan fingerprint density at radius 1 is 1.12 bits per heavy atom. The van der Waals surface area contributed by atoms with Crippen molar-refractivity contribution in [1.82, 2.24) is 4.90 Å². The Hall–Kier alpha value is -1.70. The smallest absolute Gasteiger partial charge is 0.121 e. The fraction of sp³-hybridized carbons (Fsp3) is 0.286. The topological polar surface area (TPSA) is 6.48 Å². The summed E-state index contributed by atoms with van der Waals surface area (Å²) in [5.74, 6) is 0. The summed E-state index contributed by atoms with van der Waals surface area (Å²) in [4.78, 5) is 4.86. The van der Waals surface area contributed by atoms with Gasteiger partial charge in [0.05, 0.1) is 0 Å². The van der Waals surface area contributed by atoms with Gasteiger partial charge < -0.3 is 9.80 Å². The molecular weight excluding hydrogens is 196 g/mol. The first kappa shape index (κ1) is 9.52. The molecule has 0 radical (unpaired) electrons. The van der Waals surface area contributed by atoms with E-state index in [0.29, 0.717) is 12.2 Å². The lowest BCUT2D eigenvalue weighted by Gasteiger charge is -2.31. The molecule has 16 heavy (non-hydrogen) atoms. The maximum absolute atomic E-state index is 2.47. The first-order valence-corrected chi connectivity index (χ1v) is 5.80. The molecule has 0 N–H and O–H groups in total. The highest BCUT2D eigenvalue weighted by Crippen LogP contribution is 2.29. The van der Waals surface area contributed by atoms with Crippen LogP contribution in [-0.2, 0) is 0 Å². The van der Waals surface area contributed by atoms with E-state index in [9.17, 15) is 0 Å². The second kappa shape index (κ2) is 3.71. The van der Waals surface area contributed by atoms with Gasteiger partial charge in [-0.3, -0.25) is 0 Å². The van der Waals surface area contributed by atoms with Crippen molar-refractivity contribution >= 4 is 5.69 Å². The summed E-state index contributed by atoms with van der Waals surface area (Å²) in [6.07, 6.45) is 9.08. The summed E-state index contributed by atoms with van der Waals surface area (Å²) in [6, 6.07) is 11.2. The number of para-hydroxylation sites is 1. The molecule has 1 aromatic carbocycles. The van der Waals surface area contributed by atoms with Gasteiger partial charge >= 0.3 is 0 Å². The van der Waals surface area contributed by atoms with E-state index in [1.807, 2.05) is 0 Å². The van der Waals surface area contributed by atoms with Crippen LogP contribution < -0.4 is 4.90 Å². The van der Waals surface area contributed by atoms with Crippen LogP contribution in [0.4, 0.5) is 5.69 Å². The van der Waals surface area contributed by atoms with Crippen LogP contribution in [0.3, 0.4) is 0 Å². The first-order chi connectivity index (χ1) is 7.86. The van der Waals surface area contributed by atoms with Crippen LogP contribution in [0.1, 0.15) is 6.92 Å². The number of fused-ring (bicyclic) bond motifs is 1. The molecule has 2 heteroatoms. The van der Waals surface area contributed by atoms with E-state index in [1.54, 1.807) is 0 Å². The first-order valence-electron chi connectivity index (χ1n) is 5.80. The molecule has 82 valence electrons. The molecule has 2 aliphatic rings. The molecule has 0 saturated carbocycles. The minimum absolute atomic E-state index is 0.391. The average Bonchev–Trinajstić information content (AvgIpc) is 2.66. The standard InChI is InChI=1S/C14H16N2/c1-12-11-15-10-6-5-9-14(15)16(12)13-7-3-2-4-8-13/h2-10,12,14H,11H2,1H3. The molecule has 3 rings (SSSR count). The zero-order valence-electron chi connectivity index (χ0n) is 9.45. The van der Waals surface area contributed by atoms with Gasteiger partial charge in [0, 0.05) is 24.5 Å². The van der Waals surface area contributed by atoms with Gasteiger partial charge in [0.2, 0.25) is 0 Å². The summed E-state index contributed by atoms with van der Waals surface area (Å²) in [7, 11) is 0. The Bertz CT molecular complexity index is 422. The Morgan fingerprint density at radius 3 is 2.75 bits per heavy atom. The van der Waals surface area contributed by atoms with Crippen molar-refractivity contribution < 1.29 is 0 Å². The van der Waals surface area contributed by atoms with Gasteiger partial charge in [0.25, 0.3) is 0 Å². The summed E-state index contributed by atoms with van der Waals surface area (Å²) in [6.45, 7) is 3.38. The Morgan fingerprint density at radius 2 is 1.94 bits per heavy atom. The van der Waals surface area contributed by atoms with Gasteiger partial charge in [-0.1, -0.05) is 24.3 Å². The highest BCUT2D eigenvalue weighted by molar-refractivity contribution is 5.51. The van der Waals surface area contributed by atoms with Crippen molar-refractivity contribution in [3.05, 3.63) is 54.8 Å².